The highest BCUT2D eigenvalue weighted by Gasteiger charge is 2.55. The van der Waals surface area contributed by atoms with E-state index in [9.17, 15) is 15.0 Å². The molecule has 0 aliphatic carbocycles. The summed E-state index contributed by atoms with van der Waals surface area (Å²) in [5, 5.41) is 20.5. The Balaban J connectivity index is 1.96. The van der Waals surface area contributed by atoms with Gasteiger partial charge in [0.2, 0.25) is 0 Å². The minimum absolute atomic E-state index is 0.444. The van der Waals surface area contributed by atoms with Crippen LogP contribution in [0.1, 0.15) is 32.1 Å². The van der Waals surface area contributed by atoms with Gasteiger partial charge in [0.15, 0.2) is 0 Å². The summed E-state index contributed by atoms with van der Waals surface area (Å²) < 4.78 is 16.0. The van der Waals surface area contributed by atoms with Crippen LogP contribution in [-0.2, 0) is 4.74 Å². The fourth-order valence-electron chi connectivity index (χ4n) is 3.07. The standard InChI is InChI=1S/C22H28O6/c1-15-17(27-19(23)14-18(15)26-5)12-10-8-6-7-9-11-13-21(3)20(24)22(4,25)16(2)28-21/h6-14,16,20,24-25H,1-5H3/b8-6+,9-7+,12-10+,13-11+/t16-,20+,21+,22+/m0/s1. The van der Waals surface area contributed by atoms with Crippen LogP contribution in [0.25, 0.3) is 6.08 Å². The van der Waals surface area contributed by atoms with E-state index < -0.39 is 29.0 Å². The number of rotatable bonds is 6. The zero-order valence-electron chi connectivity index (χ0n) is 16.9. The van der Waals surface area contributed by atoms with Crippen LogP contribution in [0.3, 0.4) is 0 Å². The molecule has 1 fully saturated rings. The number of hydrogen-bond donors (Lipinski definition) is 2. The van der Waals surface area contributed by atoms with Crippen molar-refractivity contribution in [1.82, 2.24) is 0 Å². The van der Waals surface area contributed by atoms with Crippen LogP contribution in [0.5, 0.6) is 5.75 Å². The van der Waals surface area contributed by atoms with E-state index in [1.807, 2.05) is 19.1 Å². The number of allylic oxidation sites excluding steroid dienone is 6. The average molecular weight is 388 g/mol. The second-order valence-electron chi connectivity index (χ2n) is 7.18. The van der Waals surface area contributed by atoms with Crippen LogP contribution < -0.4 is 10.4 Å². The van der Waals surface area contributed by atoms with Crippen molar-refractivity contribution in [2.75, 3.05) is 7.11 Å². The maximum atomic E-state index is 11.5. The number of aliphatic hydroxyl groups is 2. The highest BCUT2D eigenvalue weighted by atomic mass is 16.6. The number of hydrogen-bond acceptors (Lipinski definition) is 6. The molecule has 0 saturated carbocycles. The lowest BCUT2D eigenvalue weighted by molar-refractivity contribution is -0.0579. The number of methoxy groups -OCH3 is 1. The molecule has 1 aromatic heterocycles. The first-order valence-electron chi connectivity index (χ1n) is 9.08. The Morgan fingerprint density at radius 2 is 1.75 bits per heavy atom. The van der Waals surface area contributed by atoms with Gasteiger partial charge in [-0.1, -0.05) is 42.5 Å². The van der Waals surface area contributed by atoms with E-state index in [-0.39, 0.29) is 0 Å². The van der Waals surface area contributed by atoms with Crippen molar-refractivity contribution in [3.8, 4) is 5.75 Å². The lowest BCUT2D eigenvalue weighted by Gasteiger charge is -2.27. The Morgan fingerprint density at radius 3 is 2.32 bits per heavy atom. The number of aliphatic hydroxyl groups excluding tert-OH is 1. The summed E-state index contributed by atoms with van der Waals surface area (Å²) in [6.45, 7) is 6.86. The predicted molar refractivity (Wildman–Crippen MR) is 108 cm³/mol. The van der Waals surface area contributed by atoms with E-state index >= 15 is 0 Å². The maximum absolute atomic E-state index is 11.5. The molecule has 1 saturated heterocycles. The molecule has 4 atom stereocenters. The van der Waals surface area contributed by atoms with Crippen molar-refractivity contribution < 1.29 is 24.1 Å². The molecule has 6 nitrogen and oxygen atoms in total. The fraction of sp³-hybridized carbons (Fsp3) is 0.409. The molecule has 0 radical (unpaired) electrons. The first-order chi connectivity index (χ1) is 13.1. The molecule has 152 valence electrons. The van der Waals surface area contributed by atoms with Crippen LogP contribution >= 0.6 is 0 Å². The predicted octanol–water partition coefficient (Wildman–Crippen LogP) is 2.93. The largest absolute Gasteiger partial charge is 0.496 e. The normalized spacial score (nSPS) is 31.1. The third kappa shape index (κ3) is 4.70. The zero-order chi connectivity index (χ0) is 20.9. The Bertz CT molecular complexity index is 858. The summed E-state index contributed by atoms with van der Waals surface area (Å²) in [6, 6.07) is 1.31. The van der Waals surface area contributed by atoms with Gasteiger partial charge in [-0.05, 0) is 33.8 Å². The molecule has 0 aromatic carbocycles. The highest BCUT2D eigenvalue weighted by molar-refractivity contribution is 5.52. The highest BCUT2D eigenvalue weighted by Crippen LogP contribution is 2.38. The topological polar surface area (TPSA) is 89.1 Å². The van der Waals surface area contributed by atoms with E-state index in [0.29, 0.717) is 11.5 Å². The second-order valence-corrected chi connectivity index (χ2v) is 7.18. The second kappa shape index (κ2) is 8.73. The van der Waals surface area contributed by atoms with Crippen LogP contribution in [0.4, 0.5) is 0 Å². The van der Waals surface area contributed by atoms with Gasteiger partial charge in [0.05, 0.1) is 19.3 Å². The Kier molecular flexibility index (Phi) is 6.82. The van der Waals surface area contributed by atoms with Gasteiger partial charge in [0.1, 0.15) is 28.8 Å². The first kappa shape index (κ1) is 21.9. The molecule has 2 heterocycles. The van der Waals surface area contributed by atoms with Gasteiger partial charge in [-0.3, -0.25) is 0 Å². The number of ether oxygens (including phenoxy) is 2. The van der Waals surface area contributed by atoms with Crippen molar-refractivity contribution in [3.63, 3.8) is 0 Å². The lowest BCUT2D eigenvalue weighted by Crippen LogP contribution is -2.47. The fourth-order valence-corrected chi connectivity index (χ4v) is 3.07. The molecule has 1 aliphatic rings. The van der Waals surface area contributed by atoms with Crippen LogP contribution in [0, 0.1) is 6.92 Å². The van der Waals surface area contributed by atoms with Gasteiger partial charge in [-0.15, -0.1) is 0 Å². The van der Waals surface area contributed by atoms with Gasteiger partial charge in [-0.2, -0.15) is 0 Å². The summed E-state index contributed by atoms with van der Waals surface area (Å²) in [6.07, 6.45) is 12.6. The van der Waals surface area contributed by atoms with Gasteiger partial charge in [0.25, 0.3) is 0 Å². The van der Waals surface area contributed by atoms with Crippen molar-refractivity contribution in [2.45, 2.75) is 51.1 Å². The third-order valence-electron chi connectivity index (χ3n) is 5.00. The summed E-state index contributed by atoms with van der Waals surface area (Å²) in [5.74, 6) is 0.933. The van der Waals surface area contributed by atoms with E-state index in [4.69, 9.17) is 13.9 Å². The van der Waals surface area contributed by atoms with Crippen molar-refractivity contribution in [1.29, 1.82) is 0 Å². The third-order valence-corrected chi connectivity index (χ3v) is 5.00. The van der Waals surface area contributed by atoms with Crippen LogP contribution in [-0.4, -0.2) is 40.7 Å². The zero-order valence-corrected chi connectivity index (χ0v) is 16.9. The Labute approximate surface area is 165 Å². The quantitative estimate of drug-likeness (QED) is 0.729. The SMILES string of the molecule is COc1cc(=O)oc(/C=C/C=C/C=C/C=C/[C@@]2(C)O[C@@H](C)[C@@](C)(O)[C@@H]2O)c1C. The molecule has 6 heteroatoms. The van der Waals surface area contributed by atoms with Gasteiger partial charge < -0.3 is 24.1 Å². The molecule has 28 heavy (non-hydrogen) atoms. The molecule has 1 aromatic rings. The minimum atomic E-state index is -1.29. The molecular formula is C22H28O6. The molecule has 0 bridgehead atoms. The summed E-state index contributed by atoms with van der Waals surface area (Å²) in [5.41, 5.74) is -1.95. The average Bonchev–Trinajstić information content (AvgIpc) is 2.79. The van der Waals surface area contributed by atoms with E-state index in [0.717, 1.165) is 5.56 Å². The first-order valence-corrected chi connectivity index (χ1v) is 9.08. The summed E-state index contributed by atoms with van der Waals surface area (Å²) >= 11 is 0. The Morgan fingerprint density at radius 1 is 1.14 bits per heavy atom. The van der Waals surface area contributed by atoms with Crippen LogP contribution in [0.15, 0.2) is 57.8 Å². The summed E-state index contributed by atoms with van der Waals surface area (Å²) in [7, 11) is 1.51. The van der Waals surface area contributed by atoms with Crippen molar-refractivity contribution in [3.05, 3.63) is 70.3 Å². The molecule has 0 spiro atoms. The summed E-state index contributed by atoms with van der Waals surface area (Å²) in [4.78, 5) is 11.5. The monoisotopic (exact) mass is 388 g/mol. The van der Waals surface area contributed by atoms with E-state index in [1.54, 1.807) is 57.2 Å². The molecule has 0 unspecified atom stereocenters. The molecular weight excluding hydrogens is 360 g/mol. The molecule has 0 amide bonds. The van der Waals surface area contributed by atoms with Gasteiger partial charge in [-0.25, -0.2) is 4.79 Å². The van der Waals surface area contributed by atoms with Crippen molar-refractivity contribution in [2.24, 2.45) is 0 Å². The Hall–Kier alpha value is -2.41. The molecule has 1 aliphatic heterocycles. The minimum Gasteiger partial charge on any atom is -0.496 e. The van der Waals surface area contributed by atoms with Gasteiger partial charge >= 0.3 is 5.63 Å². The van der Waals surface area contributed by atoms with Crippen LogP contribution in [0.2, 0.25) is 0 Å². The van der Waals surface area contributed by atoms with E-state index in [1.165, 1.54) is 13.2 Å². The smallest absolute Gasteiger partial charge is 0.339 e. The lowest BCUT2D eigenvalue weighted by atomic mass is 9.87. The van der Waals surface area contributed by atoms with Gasteiger partial charge in [0, 0.05) is 5.56 Å². The molecule has 2 N–H and O–H groups in total. The maximum Gasteiger partial charge on any atom is 0.339 e. The van der Waals surface area contributed by atoms with E-state index in [2.05, 4.69) is 0 Å². The molecule has 2 rings (SSSR count). The van der Waals surface area contributed by atoms with Crippen molar-refractivity contribution >= 4 is 6.08 Å².